The summed E-state index contributed by atoms with van der Waals surface area (Å²) in [4.78, 5) is 25.1. The molecule has 0 spiro atoms. The van der Waals surface area contributed by atoms with Crippen molar-refractivity contribution in [1.82, 2.24) is 0 Å². The molecule has 3 rings (SSSR count). The van der Waals surface area contributed by atoms with Crippen LogP contribution < -0.4 is 5.01 Å². The van der Waals surface area contributed by atoms with Crippen molar-refractivity contribution in [2.24, 2.45) is 11.0 Å². The van der Waals surface area contributed by atoms with Crippen LogP contribution in [0, 0.1) is 5.92 Å². The number of anilines is 1. The Morgan fingerprint density at radius 3 is 2.46 bits per heavy atom. The van der Waals surface area contributed by atoms with Gasteiger partial charge < -0.3 is 0 Å². The summed E-state index contributed by atoms with van der Waals surface area (Å²) in [5.74, 6) is -2.05. The number of para-hydroxylation sites is 1. The third-order valence-corrected chi connectivity index (χ3v) is 4.09. The van der Waals surface area contributed by atoms with Crippen molar-refractivity contribution in [1.29, 1.82) is 0 Å². The van der Waals surface area contributed by atoms with Crippen molar-refractivity contribution < 1.29 is 22.8 Å². The maximum Gasteiger partial charge on any atom is 0.416 e. The van der Waals surface area contributed by atoms with E-state index in [9.17, 15) is 22.8 Å². The maximum absolute atomic E-state index is 12.8. The molecule has 4 nitrogen and oxygen atoms in total. The molecule has 1 aliphatic heterocycles. The third kappa shape index (κ3) is 3.51. The average molecular weight is 360 g/mol. The van der Waals surface area contributed by atoms with Gasteiger partial charge in [0.05, 0.1) is 17.0 Å². The first-order chi connectivity index (χ1) is 12.3. The Kier molecular flexibility index (Phi) is 4.63. The number of carbonyl (C=O) groups is 2. The van der Waals surface area contributed by atoms with Crippen LogP contribution in [0.3, 0.4) is 0 Å². The van der Waals surface area contributed by atoms with E-state index in [0.29, 0.717) is 11.4 Å². The largest absolute Gasteiger partial charge is 0.416 e. The number of Topliss-reactive ketones (excluding diaryl/α,β-unsaturated/α-hetero) is 1. The molecule has 1 aliphatic rings. The van der Waals surface area contributed by atoms with Gasteiger partial charge >= 0.3 is 6.18 Å². The van der Waals surface area contributed by atoms with E-state index < -0.39 is 29.3 Å². The molecule has 1 atom stereocenters. The molecule has 0 N–H and O–H groups in total. The lowest BCUT2D eigenvalue weighted by molar-refractivity contribution is -0.138. The lowest BCUT2D eigenvalue weighted by atomic mass is 9.93. The monoisotopic (exact) mass is 360 g/mol. The Morgan fingerprint density at radius 2 is 1.81 bits per heavy atom. The van der Waals surface area contributed by atoms with E-state index in [4.69, 9.17) is 0 Å². The Bertz CT molecular complexity index is 876. The number of alkyl halides is 3. The minimum Gasteiger partial charge on any atom is -0.298 e. The number of amides is 1. The van der Waals surface area contributed by atoms with Crippen molar-refractivity contribution in [2.45, 2.75) is 19.5 Å². The SMILES string of the molecule is CC1=NN(c2ccccc2)C(=O)C1C(=O)Cc1cccc(C(F)(F)F)c1. The first-order valence-electron chi connectivity index (χ1n) is 7.90. The van der Waals surface area contributed by atoms with Crippen LogP contribution in [0.15, 0.2) is 59.7 Å². The summed E-state index contributed by atoms with van der Waals surface area (Å²) in [6.45, 7) is 1.57. The minimum atomic E-state index is -4.48. The fourth-order valence-electron chi connectivity index (χ4n) is 2.85. The van der Waals surface area contributed by atoms with Crippen LogP contribution in [-0.4, -0.2) is 17.4 Å². The van der Waals surface area contributed by atoms with E-state index >= 15 is 0 Å². The number of rotatable bonds is 4. The zero-order valence-corrected chi connectivity index (χ0v) is 13.8. The highest BCUT2D eigenvalue weighted by atomic mass is 19.4. The van der Waals surface area contributed by atoms with Gasteiger partial charge in [-0.3, -0.25) is 9.59 Å². The summed E-state index contributed by atoms with van der Waals surface area (Å²) in [7, 11) is 0. The Hall–Kier alpha value is -2.96. The highest BCUT2D eigenvalue weighted by Crippen LogP contribution is 2.30. The van der Waals surface area contributed by atoms with Crippen molar-refractivity contribution in [3.63, 3.8) is 0 Å². The summed E-state index contributed by atoms with van der Waals surface area (Å²) in [6.07, 6.45) is -4.75. The maximum atomic E-state index is 12.8. The number of hydrogen-bond donors (Lipinski definition) is 0. The van der Waals surface area contributed by atoms with Crippen LogP contribution in [0.25, 0.3) is 0 Å². The van der Waals surface area contributed by atoms with E-state index in [-0.39, 0.29) is 12.0 Å². The van der Waals surface area contributed by atoms with Gasteiger partial charge in [0.2, 0.25) is 0 Å². The van der Waals surface area contributed by atoms with Crippen molar-refractivity contribution in [2.75, 3.05) is 5.01 Å². The molecular weight excluding hydrogens is 345 g/mol. The van der Waals surface area contributed by atoms with Crippen molar-refractivity contribution >= 4 is 23.1 Å². The topological polar surface area (TPSA) is 49.7 Å². The Morgan fingerprint density at radius 1 is 1.12 bits per heavy atom. The van der Waals surface area contributed by atoms with Gasteiger partial charge in [-0.25, -0.2) is 0 Å². The summed E-state index contributed by atoms with van der Waals surface area (Å²) in [6, 6.07) is 13.2. The van der Waals surface area contributed by atoms with Crippen LogP contribution in [0.2, 0.25) is 0 Å². The second-order valence-electron chi connectivity index (χ2n) is 6.00. The first kappa shape index (κ1) is 17.8. The van der Waals surface area contributed by atoms with Crippen LogP contribution in [0.5, 0.6) is 0 Å². The Labute approximate surface area is 147 Å². The van der Waals surface area contributed by atoms with Crippen LogP contribution in [-0.2, 0) is 22.2 Å². The summed E-state index contributed by atoms with van der Waals surface area (Å²) < 4.78 is 38.4. The number of halogens is 3. The number of benzene rings is 2. The third-order valence-electron chi connectivity index (χ3n) is 4.09. The predicted molar refractivity (Wildman–Crippen MR) is 90.7 cm³/mol. The molecule has 7 heteroatoms. The molecule has 1 amide bonds. The van der Waals surface area contributed by atoms with Gasteiger partial charge in [0.25, 0.3) is 5.91 Å². The Balaban J connectivity index is 1.79. The van der Waals surface area contributed by atoms with E-state index in [0.717, 1.165) is 17.1 Å². The van der Waals surface area contributed by atoms with Crippen LogP contribution >= 0.6 is 0 Å². The zero-order chi connectivity index (χ0) is 18.9. The number of carbonyl (C=O) groups excluding carboxylic acids is 2. The molecule has 0 radical (unpaired) electrons. The van der Waals surface area contributed by atoms with E-state index in [1.807, 2.05) is 0 Å². The molecular formula is C19H15F3N2O2. The zero-order valence-electron chi connectivity index (χ0n) is 13.8. The van der Waals surface area contributed by atoms with Gasteiger partial charge in [-0.05, 0) is 30.7 Å². The quantitative estimate of drug-likeness (QED) is 0.778. The van der Waals surface area contributed by atoms with Gasteiger partial charge in [-0.1, -0.05) is 36.4 Å². The van der Waals surface area contributed by atoms with Gasteiger partial charge in [-0.2, -0.15) is 23.3 Å². The summed E-state index contributed by atoms with van der Waals surface area (Å²) in [5.41, 5.74) is 0.252. The van der Waals surface area contributed by atoms with Gasteiger partial charge in [0.1, 0.15) is 5.92 Å². The van der Waals surface area contributed by atoms with E-state index in [1.54, 1.807) is 37.3 Å². The smallest absolute Gasteiger partial charge is 0.298 e. The molecule has 0 aliphatic carbocycles. The average Bonchev–Trinajstić information content (AvgIpc) is 2.89. The molecule has 0 saturated carbocycles. The van der Waals surface area contributed by atoms with Crippen molar-refractivity contribution in [3.05, 3.63) is 65.7 Å². The molecule has 134 valence electrons. The van der Waals surface area contributed by atoms with Gasteiger partial charge in [0.15, 0.2) is 5.78 Å². The number of nitrogens with zero attached hydrogens (tertiary/aromatic N) is 2. The number of ketones is 1. The standard InChI is InChI=1S/C19H15F3N2O2/c1-12-17(18(26)24(23-12)15-8-3-2-4-9-15)16(25)11-13-6-5-7-14(10-13)19(20,21)22/h2-10,17H,11H2,1H3. The molecule has 0 saturated heterocycles. The molecule has 0 fully saturated rings. The summed E-state index contributed by atoms with van der Waals surface area (Å²) in [5, 5.41) is 5.30. The normalized spacial score (nSPS) is 17.4. The van der Waals surface area contributed by atoms with Crippen LogP contribution in [0.4, 0.5) is 18.9 Å². The highest BCUT2D eigenvalue weighted by molar-refractivity contribution is 6.27. The fraction of sp³-hybridized carbons (Fsp3) is 0.211. The minimum absolute atomic E-state index is 0.212. The molecule has 2 aromatic carbocycles. The number of hydrazone groups is 1. The second kappa shape index (κ2) is 6.74. The number of hydrogen-bond acceptors (Lipinski definition) is 3. The molecule has 0 bridgehead atoms. The second-order valence-corrected chi connectivity index (χ2v) is 6.00. The lowest BCUT2D eigenvalue weighted by Crippen LogP contribution is -2.33. The molecule has 2 aromatic rings. The highest BCUT2D eigenvalue weighted by Gasteiger charge is 2.39. The predicted octanol–water partition coefficient (Wildman–Crippen LogP) is 3.86. The fourth-order valence-corrected chi connectivity index (χ4v) is 2.85. The van der Waals surface area contributed by atoms with Gasteiger partial charge in [0, 0.05) is 6.42 Å². The first-order valence-corrected chi connectivity index (χ1v) is 7.90. The lowest BCUT2D eigenvalue weighted by Gasteiger charge is -2.14. The molecule has 1 heterocycles. The van der Waals surface area contributed by atoms with E-state index in [1.165, 1.54) is 12.1 Å². The van der Waals surface area contributed by atoms with Crippen LogP contribution in [0.1, 0.15) is 18.1 Å². The van der Waals surface area contributed by atoms with Crippen molar-refractivity contribution in [3.8, 4) is 0 Å². The molecule has 1 unspecified atom stereocenters. The van der Waals surface area contributed by atoms with Gasteiger partial charge in [-0.15, -0.1) is 0 Å². The molecule has 0 aromatic heterocycles. The summed E-state index contributed by atoms with van der Waals surface area (Å²) >= 11 is 0. The molecule has 26 heavy (non-hydrogen) atoms. The van der Waals surface area contributed by atoms with E-state index in [2.05, 4.69) is 5.10 Å².